The fraction of sp³-hybridized carbons (Fsp3) is 0.130. The maximum absolute atomic E-state index is 10.9. The van der Waals surface area contributed by atoms with Gasteiger partial charge in [0, 0.05) is 23.8 Å². The largest absolute Gasteiger partial charge is 0.366 e. The lowest BCUT2D eigenvalue weighted by Crippen LogP contribution is -2.05. The zero-order valence-corrected chi connectivity index (χ0v) is 15.5. The number of aliphatic hydroxyl groups excluding tert-OH is 1. The van der Waals surface area contributed by atoms with Gasteiger partial charge in [-0.3, -0.25) is 9.79 Å². The standard InChI is InChI=1S/C23H22N2O3/c1-15-14-20(18-8-2-16(3-9-18)6-12-21(24)26)23(25-15)19-10-4-17(5-11-19)7-13-22(27)28/h2-13,22,27-28H,14H2,1H3,(H2,24,26)/b12-6+,13-7+. The Bertz CT molecular complexity index is 980. The average molecular weight is 374 g/mol. The van der Waals surface area contributed by atoms with Crippen molar-refractivity contribution in [2.75, 3.05) is 0 Å². The van der Waals surface area contributed by atoms with E-state index in [1.165, 1.54) is 12.2 Å². The van der Waals surface area contributed by atoms with Crippen LogP contribution in [0.1, 0.15) is 35.6 Å². The monoisotopic (exact) mass is 374 g/mol. The molecule has 2 aromatic rings. The van der Waals surface area contributed by atoms with Crippen molar-refractivity contribution in [3.8, 4) is 0 Å². The highest BCUT2D eigenvalue weighted by molar-refractivity contribution is 6.09. The van der Waals surface area contributed by atoms with E-state index >= 15 is 0 Å². The Labute approximate surface area is 163 Å². The van der Waals surface area contributed by atoms with Crippen LogP contribution in [-0.4, -0.2) is 28.1 Å². The van der Waals surface area contributed by atoms with E-state index in [-0.39, 0.29) is 0 Å². The third-order valence-electron chi connectivity index (χ3n) is 4.37. The first-order chi connectivity index (χ1) is 13.4. The number of hydrogen-bond donors (Lipinski definition) is 3. The molecule has 1 aliphatic heterocycles. The maximum atomic E-state index is 10.9. The van der Waals surface area contributed by atoms with Crippen molar-refractivity contribution < 1.29 is 15.0 Å². The van der Waals surface area contributed by atoms with Crippen LogP contribution in [0.3, 0.4) is 0 Å². The number of nitrogens with zero attached hydrogens (tertiary/aromatic N) is 1. The number of hydrogen-bond acceptors (Lipinski definition) is 4. The molecule has 0 fully saturated rings. The molecule has 0 saturated heterocycles. The summed E-state index contributed by atoms with van der Waals surface area (Å²) < 4.78 is 0. The van der Waals surface area contributed by atoms with Crippen molar-refractivity contribution in [1.29, 1.82) is 0 Å². The van der Waals surface area contributed by atoms with Crippen molar-refractivity contribution in [3.05, 3.63) is 82.9 Å². The summed E-state index contributed by atoms with van der Waals surface area (Å²) in [6, 6.07) is 15.7. The number of carbonyl (C=O) groups is 1. The molecule has 3 rings (SSSR count). The number of nitrogens with two attached hydrogens (primary N) is 1. The van der Waals surface area contributed by atoms with Crippen LogP contribution in [0.15, 0.2) is 65.7 Å². The van der Waals surface area contributed by atoms with E-state index in [4.69, 9.17) is 20.9 Å². The van der Waals surface area contributed by atoms with Crippen molar-refractivity contribution >= 4 is 35.0 Å². The molecule has 1 heterocycles. The van der Waals surface area contributed by atoms with Crippen LogP contribution in [-0.2, 0) is 4.79 Å². The van der Waals surface area contributed by atoms with Crippen LogP contribution in [0.5, 0.6) is 0 Å². The molecule has 0 saturated carbocycles. The topological polar surface area (TPSA) is 95.9 Å². The number of amides is 1. The number of primary amides is 1. The lowest BCUT2D eigenvalue weighted by Gasteiger charge is -2.08. The Morgan fingerprint density at radius 2 is 1.57 bits per heavy atom. The number of aliphatic imine (C=N–C) groups is 1. The van der Waals surface area contributed by atoms with Gasteiger partial charge >= 0.3 is 0 Å². The van der Waals surface area contributed by atoms with E-state index in [9.17, 15) is 4.79 Å². The average Bonchev–Trinajstić information content (AvgIpc) is 3.07. The van der Waals surface area contributed by atoms with Gasteiger partial charge in [0.15, 0.2) is 6.29 Å². The minimum absolute atomic E-state index is 0.472. The zero-order chi connectivity index (χ0) is 20.1. The van der Waals surface area contributed by atoms with Gasteiger partial charge in [-0.25, -0.2) is 0 Å². The summed E-state index contributed by atoms with van der Waals surface area (Å²) in [7, 11) is 0. The summed E-state index contributed by atoms with van der Waals surface area (Å²) in [5.74, 6) is -0.472. The van der Waals surface area contributed by atoms with Crippen LogP contribution < -0.4 is 5.73 Å². The first-order valence-electron chi connectivity index (χ1n) is 8.92. The van der Waals surface area contributed by atoms with Gasteiger partial charge in [0.1, 0.15) is 0 Å². The normalized spacial score (nSPS) is 14.5. The number of aliphatic hydroxyl groups is 2. The Balaban J connectivity index is 1.89. The first-order valence-corrected chi connectivity index (χ1v) is 8.92. The smallest absolute Gasteiger partial charge is 0.241 e. The molecule has 0 aromatic heterocycles. The highest BCUT2D eigenvalue weighted by atomic mass is 16.5. The summed E-state index contributed by atoms with van der Waals surface area (Å²) in [4.78, 5) is 15.6. The van der Waals surface area contributed by atoms with Crippen LogP contribution in [0, 0.1) is 0 Å². The lowest BCUT2D eigenvalue weighted by molar-refractivity contribution is -0.113. The second-order valence-electron chi connectivity index (χ2n) is 6.60. The second-order valence-corrected chi connectivity index (χ2v) is 6.60. The van der Waals surface area contributed by atoms with Gasteiger partial charge in [0.25, 0.3) is 0 Å². The molecule has 0 spiro atoms. The van der Waals surface area contributed by atoms with Crippen LogP contribution >= 0.6 is 0 Å². The summed E-state index contributed by atoms with van der Waals surface area (Å²) >= 11 is 0. The lowest BCUT2D eigenvalue weighted by atomic mass is 9.96. The summed E-state index contributed by atoms with van der Waals surface area (Å²) in [5, 5.41) is 17.9. The van der Waals surface area contributed by atoms with Crippen molar-refractivity contribution in [2.45, 2.75) is 19.6 Å². The Morgan fingerprint density at radius 1 is 1.00 bits per heavy atom. The number of rotatable bonds is 6. The van der Waals surface area contributed by atoms with E-state index in [2.05, 4.69) is 0 Å². The van der Waals surface area contributed by atoms with Gasteiger partial charge in [-0.05, 0) is 41.3 Å². The molecule has 5 nitrogen and oxygen atoms in total. The van der Waals surface area contributed by atoms with Gasteiger partial charge in [-0.1, -0.05) is 54.6 Å². The number of carbonyl (C=O) groups excluding carboxylic acids is 1. The van der Waals surface area contributed by atoms with Gasteiger partial charge in [0.2, 0.25) is 5.91 Å². The molecule has 1 amide bonds. The van der Waals surface area contributed by atoms with E-state index in [1.807, 2.05) is 55.5 Å². The highest BCUT2D eigenvalue weighted by Gasteiger charge is 2.18. The van der Waals surface area contributed by atoms with E-state index in [0.29, 0.717) is 0 Å². The highest BCUT2D eigenvalue weighted by Crippen LogP contribution is 2.35. The molecule has 2 aromatic carbocycles. The van der Waals surface area contributed by atoms with Crippen LogP contribution in [0.4, 0.5) is 0 Å². The SMILES string of the molecule is CC1=NC(c2ccc(/C=C/C(O)O)cc2)=C(c2ccc(/C=C/C(N)=O)cc2)C1. The third kappa shape index (κ3) is 4.91. The minimum Gasteiger partial charge on any atom is -0.366 e. The van der Waals surface area contributed by atoms with Gasteiger partial charge in [-0.2, -0.15) is 0 Å². The fourth-order valence-corrected chi connectivity index (χ4v) is 3.04. The molecule has 4 N–H and O–H groups in total. The van der Waals surface area contributed by atoms with Gasteiger partial charge < -0.3 is 15.9 Å². The molecular formula is C23H22N2O3. The fourth-order valence-electron chi connectivity index (χ4n) is 3.04. The third-order valence-corrected chi connectivity index (χ3v) is 4.37. The molecule has 0 aliphatic carbocycles. The second kappa shape index (κ2) is 8.61. The Morgan fingerprint density at radius 3 is 2.14 bits per heavy atom. The molecular weight excluding hydrogens is 352 g/mol. The maximum Gasteiger partial charge on any atom is 0.241 e. The summed E-state index contributed by atoms with van der Waals surface area (Å²) in [5.41, 5.74) is 12.1. The molecule has 0 atom stereocenters. The number of allylic oxidation sites excluding steroid dienone is 1. The molecule has 0 unspecified atom stereocenters. The quantitative estimate of drug-likeness (QED) is 0.535. The van der Waals surface area contributed by atoms with E-state index in [0.717, 1.165) is 45.7 Å². The van der Waals surface area contributed by atoms with E-state index < -0.39 is 12.2 Å². The molecule has 1 aliphatic rings. The van der Waals surface area contributed by atoms with Crippen molar-refractivity contribution in [3.63, 3.8) is 0 Å². The predicted octanol–water partition coefficient (Wildman–Crippen LogP) is 3.24. The molecule has 142 valence electrons. The Kier molecular flexibility index (Phi) is 5.99. The Hall–Kier alpha value is -3.28. The minimum atomic E-state index is -1.46. The van der Waals surface area contributed by atoms with E-state index in [1.54, 1.807) is 12.2 Å². The molecule has 28 heavy (non-hydrogen) atoms. The molecule has 0 radical (unpaired) electrons. The predicted molar refractivity (Wildman–Crippen MR) is 113 cm³/mol. The summed E-state index contributed by atoms with van der Waals surface area (Å²) in [6.07, 6.45) is 5.32. The summed E-state index contributed by atoms with van der Waals surface area (Å²) in [6.45, 7) is 2.01. The number of benzene rings is 2. The van der Waals surface area contributed by atoms with Gasteiger partial charge in [0.05, 0.1) is 5.70 Å². The van der Waals surface area contributed by atoms with Crippen LogP contribution in [0.25, 0.3) is 23.4 Å². The van der Waals surface area contributed by atoms with Gasteiger partial charge in [-0.15, -0.1) is 0 Å². The zero-order valence-electron chi connectivity index (χ0n) is 15.5. The van der Waals surface area contributed by atoms with Crippen molar-refractivity contribution in [1.82, 2.24) is 0 Å². The molecule has 0 bridgehead atoms. The molecule has 5 heteroatoms. The van der Waals surface area contributed by atoms with Crippen LogP contribution in [0.2, 0.25) is 0 Å². The van der Waals surface area contributed by atoms with Crippen molar-refractivity contribution in [2.24, 2.45) is 10.7 Å². The first kappa shape index (κ1) is 19.5.